The van der Waals surface area contributed by atoms with E-state index in [1.54, 1.807) is 6.07 Å². The van der Waals surface area contributed by atoms with E-state index in [0.29, 0.717) is 11.3 Å². The maximum absolute atomic E-state index is 11.0. The fourth-order valence-electron chi connectivity index (χ4n) is 1.04. The molecule has 1 aliphatic heterocycles. The van der Waals surface area contributed by atoms with Crippen LogP contribution in [0.15, 0.2) is 16.9 Å². The molecule has 0 aromatic carbocycles. The van der Waals surface area contributed by atoms with Gasteiger partial charge in [0.05, 0.1) is 0 Å². The summed E-state index contributed by atoms with van der Waals surface area (Å²) < 4.78 is 0. The Bertz CT molecular complexity index is 369. The van der Waals surface area contributed by atoms with Gasteiger partial charge in [0.15, 0.2) is 0 Å². The van der Waals surface area contributed by atoms with E-state index in [1.807, 2.05) is 0 Å². The number of thioether (sulfide) groups is 1. The van der Waals surface area contributed by atoms with Crippen molar-refractivity contribution in [2.24, 2.45) is 0 Å². The molecule has 1 aromatic rings. The highest BCUT2D eigenvalue weighted by Gasteiger charge is 2.19. The van der Waals surface area contributed by atoms with Gasteiger partial charge in [-0.1, -0.05) is 11.8 Å². The van der Waals surface area contributed by atoms with Crippen molar-refractivity contribution < 1.29 is 4.79 Å². The molecule has 56 valence electrons. The molecule has 0 bridgehead atoms. The number of hydrogen-bond donors (Lipinski definition) is 1. The molecule has 1 aliphatic rings. The molecule has 1 aromatic heterocycles. The lowest BCUT2D eigenvalue weighted by Crippen LogP contribution is -2.07. The number of H-pyrrole nitrogens is 1. The quantitative estimate of drug-likeness (QED) is 0.620. The Morgan fingerprint density at radius 3 is 3.00 bits per heavy atom. The first kappa shape index (κ1) is 6.67. The summed E-state index contributed by atoms with van der Waals surface area (Å²) in [6, 6.07) is 2.96. The van der Waals surface area contributed by atoms with Gasteiger partial charge < -0.3 is 4.98 Å². The zero-order valence-electron chi connectivity index (χ0n) is 5.59. The molecule has 0 unspecified atom stereocenters. The molecule has 2 rings (SSSR count). The number of aromatic nitrogens is 1. The molecule has 4 heteroatoms. The third-order valence-electron chi connectivity index (χ3n) is 1.57. The summed E-state index contributed by atoms with van der Waals surface area (Å²) in [6.07, 6.45) is 0. The van der Waals surface area contributed by atoms with Crippen molar-refractivity contribution in [2.75, 3.05) is 0 Å². The Balaban J connectivity index is 2.68. The van der Waals surface area contributed by atoms with Crippen LogP contribution in [0.25, 0.3) is 0 Å². The largest absolute Gasteiger partial charge is 0.325 e. The minimum absolute atomic E-state index is 0.0521. The van der Waals surface area contributed by atoms with E-state index in [9.17, 15) is 9.59 Å². The van der Waals surface area contributed by atoms with Crippen LogP contribution >= 0.6 is 11.8 Å². The zero-order valence-corrected chi connectivity index (χ0v) is 6.40. The first-order chi connectivity index (χ1) is 5.27. The molecule has 0 atom stereocenters. The van der Waals surface area contributed by atoms with Gasteiger partial charge in [-0.3, -0.25) is 9.59 Å². The molecule has 0 saturated carbocycles. The van der Waals surface area contributed by atoms with Crippen molar-refractivity contribution >= 4 is 16.9 Å². The van der Waals surface area contributed by atoms with Gasteiger partial charge in [-0.15, -0.1) is 0 Å². The van der Waals surface area contributed by atoms with Crippen molar-refractivity contribution in [3.63, 3.8) is 0 Å². The van der Waals surface area contributed by atoms with Gasteiger partial charge in [0, 0.05) is 23.1 Å². The lowest BCUT2D eigenvalue weighted by atomic mass is 10.2. The molecule has 0 aliphatic carbocycles. The normalized spacial score (nSPS) is 15.1. The fourth-order valence-corrected chi connectivity index (χ4v) is 1.89. The highest BCUT2D eigenvalue weighted by atomic mass is 32.2. The fraction of sp³-hybridized carbons (Fsp3) is 0.143. The lowest BCUT2D eigenvalue weighted by Gasteiger charge is -1.91. The summed E-state index contributed by atoms with van der Waals surface area (Å²) in [5, 5.41) is 0.0521. The summed E-state index contributed by atoms with van der Waals surface area (Å²) in [7, 11) is 0. The first-order valence-corrected chi connectivity index (χ1v) is 4.15. The monoisotopic (exact) mass is 167 g/mol. The summed E-state index contributed by atoms with van der Waals surface area (Å²) >= 11 is 1.23. The maximum Gasteiger partial charge on any atom is 0.248 e. The van der Waals surface area contributed by atoms with Gasteiger partial charge in [0.2, 0.25) is 10.7 Å². The highest BCUT2D eigenvalue weighted by molar-refractivity contribution is 8.13. The van der Waals surface area contributed by atoms with E-state index in [1.165, 1.54) is 17.8 Å². The number of carbonyl (C=O) groups is 1. The SMILES string of the molecule is O=C1SCc2[nH]c(=O)ccc21. The van der Waals surface area contributed by atoms with Gasteiger partial charge in [-0.05, 0) is 6.07 Å². The van der Waals surface area contributed by atoms with Crippen LogP contribution in [-0.4, -0.2) is 10.1 Å². The van der Waals surface area contributed by atoms with Gasteiger partial charge in [0.1, 0.15) is 0 Å². The van der Waals surface area contributed by atoms with Crippen LogP contribution in [0.3, 0.4) is 0 Å². The van der Waals surface area contributed by atoms with Crippen LogP contribution < -0.4 is 5.56 Å². The third kappa shape index (κ3) is 0.991. The average Bonchev–Trinajstić information content (AvgIpc) is 2.32. The minimum Gasteiger partial charge on any atom is -0.325 e. The number of carbonyl (C=O) groups excluding carboxylic acids is 1. The van der Waals surface area contributed by atoms with Gasteiger partial charge in [-0.2, -0.15) is 0 Å². The third-order valence-corrected chi connectivity index (χ3v) is 2.48. The Labute approximate surface area is 66.8 Å². The summed E-state index contributed by atoms with van der Waals surface area (Å²) in [5.74, 6) is 0.601. The van der Waals surface area contributed by atoms with Gasteiger partial charge in [-0.25, -0.2) is 0 Å². The number of aromatic amines is 1. The topological polar surface area (TPSA) is 49.9 Å². The molecule has 11 heavy (non-hydrogen) atoms. The number of pyridine rings is 1. The molecule has 0 spiro atoms. The number of hydrogen-bond acceptors (Lipinski definition) is 3. The van der Waals surface area contributed by atoms with E-state index < -0.39 is 0 Å². The van der Waals surface area contributed by atoms with Crippen molar-refractivity contribution in [3.05, 3.63) is 33.7 Å². The van der Waals surface area contributed by atoms with E-state index in [4.69, 9.17) is 0 Å². The van der Waals surface area contributed by atoms with Gasteiger partial charge >= 0.3 is 0 Å². The van der Waals surface area contributed by atoms with E-state index >= 15 is 0 Å². The van der Waals surface area contributed by atoms with Gasteiger partial charge in [0.25, 0.3) is 0 Å². The molecule has 0 fully saturated rings. The maximum atomic E-state index is 11.0. The minimum atomic E-state index is -0.140. The second-order valence-corrected chi connectivity index (χ2v) is 3.24. The summed E-state index contributed by atoms with van der Waals surface area (Å²) in [5.41, 5.74) is 1.26. The average molecular weight is 167 g/mol. The molecule has 3 nitrogen and oxygen atoms in total. The highest BCUT2D eigenvalue weighted by Crippen LogP contribution is 2.26. The molecule has 0 saturated heterocycles. The Kier molecular flexibility index (Phi) is 1.35. The first-order valence-electron chi connectivity index (χ1n) is 3.17. The Hall–Kier alpha value is -1.03. The Morgan fingerprint density at radius 1 is 1.36 bits per heavy atom. The van der Waals surface area contributed by atoms with Crippen LogP contribution in [0.2, 0.25) is 0 Å². The van der Waals surface area contributed by atoms with Crippen molar-refractivity contribution in [3.8, 4) is 0 Å². The predicted molar refractivity (Wildman–Crippen MR) is 42.7 cm³/mol. The van der Waals surface area contributed by atoms with Crippen LogP contribution in [0.4, 0.5) is 0 Å². The predicted octanol–water partition coefficient (Wildman–Crippen LogP) is 0.762. The number of rotatable bonds is 0. The number of nitrogens with one attached hydrogen (secondary N) is 1. The molecule has 0 radical (unpaired) electrons. The smallest absolute Gasteiger partial charge is 0.248 e. The van der Waals surface area contributed by atoms with E-state index in [0.717, 1.165) is 5.69 Å². The summed E-state index contributed by atoms with van der Waals surface area (Å²) in [6.45, 7) is 0. The van der Waals surface area contributed by atoms with Crippen LogP contribution in [0, 0.1) is 0 Å². The van der Waals surface area contributed by atoms with Crippen molar-refractivity contribution in [2.45, 2.75) is 5.75 Å². The van der Waals surface area contributed by atoms with Crippen LogP contribution in [0.1, 0.15) is 16.1 Å². The van der Waals surface area contributed by atoms with Crippen LogP contribution in [-0.2, 0) is 5.75 Å². The van der Waals surface area contributed by atoms with E-state index in [2.05, 4.69) is 4.98 Å². The van der Waals surface area contributed by atoms with Crippen LogP contribution in [0.5, 0.6) is 0 Å². The van der Waals surface area contributed by atoms with Crippen molar-refractivity contribution in [1.82, 2.24) is 4.98 Å². The zero-order chi connectivity index (χ0) is 7.84. The second kappa shape index (κ2) is 2.23. The van der Waals surface area contributed by atoms with E-state index in [-0.39, 0.29) is 10.7 Å². The molecule has 2 heterocycles. The Morgan fingerprint density at radius 2 is 2.18 bits per heavy atom. The van der Waals surface area contributed by atoms with Crippen molar-refractivity contribution in [1.29, 1.82) is 0 Å². The molecular formula is C7H5NO2S. The summed E-state index contributed by atoms with van der Waals surface area (Å²) in [4.78, 5) is 24.4. The number of fused-ring (bicyclic) bond motifs is 1. The standard InChI is InChI=1S/C7H5NO2S/c9-6-2-1-4-5(8-6)3-11-7(4)10/h1-2H,3H2,(H,8,9). The molecular weight excluding hydrogens is 162 g/mol. The lowest BCUT2D eigenvalue weighted by molar-refractivity contribution is 0.109. The molecule has 0 amide bonds. The second-order valence-electron chi connectivity index (χ2n) is 2.29. The molecule has 1 N–H and O–H groups in total.